The SMILES string of the molecule is CC(COC(=O)C(Br)Br)(COC(=O)C(Br)Br)C(=O)O. The van der Waals surface area contributed by atoms with Gasteiger partial charge in [0.1, 0.15) is 18.6 Å². The third-order valence-electron chi connectivity index (χ3n) is 1.94. The van der Waals surface area contributed by atoms with E-state index in [1.54, 1.807) is 0 Å². The largest absolute Gasteiger partial charge is 0.481 e. The fourth-order valence-corrected chi connectivity index (χ4v) is 1.28. The third-order valence-corrected chi connectivity index (χ3v) is 3.43. The summed E-state index contributed by atoms with van der Waals surface area (Å²) in [6.07, 6.45) is 0. The van der Waals surface area contributed by atoms with Gasteiger partial charge in [-0.2, -0.15) is 0 Å². The van der Waals surface area contributed by atoms with E-state index in [0.717, 1.165) is 0 Å². The Balaban J connectivity index is 4.55. The molecule has 0 amide bonds. The zero-order valence-corrected chi connectivity index (χ0v) is 15.9. The summed E-state index contributed by atoms with van der Waals surface area (Å²) < 4.78 is 8.14. The Kier molecular flexibility index (Phi) is 8.73. The van der Waals surface area contributed by atoms with Crippen LogP contribution in [0.3, 0.4) is 0 Å². The number of hydrogen-bond acceptors (Lipinski definition) is 5. The Labute approximate surface area is 143 Å². The Morgan fingerprint density at radius 3 is 1.53 bits per heavy atom. The van der Waals surface area contributed by atoms with Gasteiger partial charge in [0.15, 0.2) is 7.47 Å². The van der Waals surface area contributed by atoms with Crippen LogP contribution in [0.4, 0.5) is 0 Å². The Bertz CT molecular complexity index is 333. The number of alkyl halides is 4. The van der Waals surface area contributed by atoms with Crippen LogP contribution in [0.25, 0.3) is 0 Å². The first-order valence-corrected chi connectivity index (χ1v) is 8.39. The highest BCUT2D eigenvalue weighted by molar-refractivity contribution is 9.25. The summed E-state index contributed by atoms with van der Waals surface area (Å²) in [5, 5.41) is 9.11. The van der Waals surface area contributed by atoms with E-state index in [4.69, 9.17) is 14.6 Å². The van der Waals surface area contributed by atoms with Crippen molar-refractivity contribution in [2.45, 2.75) is 14.4 Å². The molecule has 0 aliphatic heterocycles. The van der Waals surface area contributed by atoms with Gasteiger partial charge in [-0.25, -0.2) is 9.59 Å². The van der Waals surface area contributed by atoms with Crippen molar-refractivity contribution in [2.24, 2.45) is 5.41 Å². The molecule has 0 atom stereocenters. The first kappa shape index (κ1) is 19.3. The monoisotopic (exact) mass is 530 g/mol. The molecule has 0 aliphatic rings. The topological polar surface area (TPSA) is 89.9 Å². The average molecular weight is 534 g/mol. The fraction of sp³-hybridized carbons (Fsp3) is 0.667. The number of carbonyl (C=O) groups excluding carboxylic acids is 2. The first-order chi connectivity index (χ1) is 8.60. The number of carbonyl (C=O) groups is 3. The maximum Gasteiger partial charge on any atom is 0.330 e. The highest BCUT2D eigenvalue weighted by atomic mass is 79.9. The van der Waals surface area contributed by atoms with Crippen LogP contribution in [-0.4, -0.2) is 43.7 Å². The molecular formula is C9H10Br4O6. The summed E-state index contributed by atoms with van der Waals surface area (Å²) in [6, 6.07) is 0. The van der Waals surface area contributed by atoms with E-state index in [9.17, 15) is 14.4 Å². The third kappa shape index (κ3) is 7.05. The first-order valence-electron chi connectivity index (χ1n) is 4.73. The van der Waals surface area contributed by atoms with Crippen LogP contribution in [0.1, 0.15) is 6.92 Å². The normalized spacial score (nSPS) is 11.5. The van der Waals surface area contributed by atoms with E-state index in [1.165, 1.54) is 6.92 Å². The van der Waals surface area contributed by atoms with Crippen molar-refractivity contribution < 1.29 is 29.0 Å². The van der Waals surface area contributed by atoms with Crippen molar-refractivity contribution in [2.75, 3.05) is 13.2 Å². The summed E-state index contributed by atoms with van der Waals surface area (Å²) in [7, 11) is 0. The van der Waals surface area contributed by atoms with Crippen molar-refractivity contribution in [3.8, 4) is 0 Å². The molecule has 6 nitrogen and oxygen atoms in total. The minimum absolute atomic E-state index is 0.419. The van der Waals surface area contributed by atoms with E-state index < -0.39 is 44.0 Å². The van der Waals surface area contributed by atoms with Gasteiger partial charge in [-0.05, 0) is 6.92 Å². The predicted molar refractivity (Wildman–Crippen MR) is 80.9 cm³/mol. The Hall–Kier alpha value is 0.330. The quantitative estimate of drug-likeness (QED) is 0.399. The number of carboxylic acid groups (broad SMARTS) is 1. The molecule has 0 fully saturated rings. The number of carboxylic acids is 1. The van der Waals surface area contributed by atoms with Gasteiger partial charge in [0, 0.05) is 0 Å². The molecule has 0 saturated carbocycles. The molecule has 0 saturated heterocycles. The van der Waals surface area contributed by atoms with Crippen LogP contribution in [0.5, 0.6) is 0 Å². The number of esters is 2. The maximum absolute atomic E-state index is 11.2. The minimum atomic E-state index is -1.52. The smallest absolute Gasteiger partial charge is 0.330 e. The molecular weight excluding hydrogens is 524 g/mol. The van der Waals surface area contributed by atoms with Crippen LogP contribution in [-0.2, 0) is 23.9 Å². The molecule has 10 heteroatoms. The number of rotatable bonds is 7. The Morgan fingerprint density at radius 2 is 1.32 bits per heavy atom. The van der Waals surface area contributed by atoms with Gasteiger partial charge < -0.3 is 14.6 Å². The van der Waals surface area contributed by atoms with E-state index >= 15 is 0 Å². The summed E-state index contributed by atoms with van der Waals surface area (Å²) >= 11 is 11.7. The zero-order chi connectivity index (χ0) is 15.2. The van der Waals surface area contributed by atoms with Crippen molar-refractivity contribution in [3.63, 3.8) is 0 Å². The second-order valence-corrected chi connectivity index (χ2v) is 9.80. The van der Waals surface area contributed by atoms with Gasteiger partial charge in [0.2, 0.25) is 0 Å². The average Bonchev–Trinajstić information content (AvgIpc) is 2.32. The second-order valence-electron chi connectivity index (χ2n) is 3.68. The summed E-state index contributed by atoms with van der Waals surface area (Å²) in [5.74, 6) is -2.58. The maximum atomic E-state index is 11.2. The van der Waals surface area contributed by atoms with Gasteiger partial charge in [0.05, 0.1) is 0 Å². The van der Waals surface area contributed by atoms with Crippen LogP contribution in [0, 0.1) is 5.41 Å². The standard InChI is InChI=1S/C9H10Br4O6/c1-9(8(16)17,2-18-6(14)4(10)11)3-19-7(15)5(12)13/h4-5H,2-3H2,1H3,(H,16,17). The van der Waals surface area contributed by atoms with Crippen LogP contribution < -0.4 is 0 Å². The van der Waals surface area contributed by atoms with Gasteiger partial charge >= 0.3 is 17.9 Å². The van der Waals surface area contributed by atoms with E-state index in [1.807, 2.05) is 0 Å². The van der Waals surface area contributed by atoms with Crippen LogP contribution >= 0.6 is 63.7 Å². The molecule has 19 heavy (non-hydrogen) atoms. The molecule has 1 N–H and O–H groups in total. The number of hydrogen-bond donors (Lipinski definition) is 1. The van der Waals surface area contributed by atoms with Crippen LogP contribution in [0.2, 0.25) is 0 Å². The van der Waals surface area contributed by atoms with Gasteiger partial charge in [-0.1, -0.05) is 63.7 Å². The van der Waals surface area contributed by atoms with E-state index in [2.05, 4.69) is 63.7 Å². The van der Waals surface area contributed by atoms with Crippen molar-refractivity contribution >= 4 is 81.6 Å². The second kappa shape index (κ2) is 8.58. The molecule has 0 aromatic heterocycles. The summed E-state index contributed by atoms with van der Waals surface area (Å²) in [5.41, 5.74) is -1.52. The Morgan fingerprint density at radius 1 is 1.00 bits per heavy atom. The number of aliphatic carboxylic acids is 1. The molecule has 0 spiro atoms. The van der Waals surface area contributed by atoms with Crippen molar-refractivity contribution in [1.82, 2.24) is 0 Å². The van der Waals surface area contributed by atoms with E-state index in [-0.39, 0.29) is 0 Å². The lowest BCUT2D eigenvalue weighted by Gasteiger charge is -2.24. The summed E-state index contributed by atoms with van der Waals surface area (Å²) in [6.45, 7) is 0.472. The number of halogens is 4. The van der Waals surface area contributed by atoms with Gasteiger partial charge in [-0.3, -0.25) is 4.79 Å². The van der Waals surface area contributed by atoms with Crippen molar-refractivity contribution in [3.05, 3.63) is 0 Å². The lowest BCUT2D eigenvalue weighted by atomic mass is 9.93. The summed E-state index contributed by atoms with van der Waals surface area (Å²) in [4.78, 5) is 33.6. The lowest BCUT2D eigenvalue weighted by molar-refractivity contribution is -0.164. The van der Waals surface area contributed by atoms with Crippen molar-refractivity contribution in [1.29, 1.82) is 0 Å². The predicted octanol–water partition coefficient (Wildman–Crippen LogP) is 2.40. The molecule has 0 unspecified atom stereocenters. The molecule has 0 heterocycles. The lowest BCUT2D eigenvalue weighted by Crippen LogP contribution is -2.39. The fourth-order valence-electron chi connectivity index (χ4n) is 0.752. The number of ether oxygens (including phenoxy) is 2. The van der Waals surface area contributed by atoms with Crippen LogP contribution in [0.15, 0.2) is 0 Å². The highest BCUT2D eigenvalue weighted by Crippen LogP contribution is 2.21. The minimum Gasteiger partial charge on any atom is -0.481 e. The molecule has 0 aliphatic carbocycles. The molecule has 0 radical (unpaired) electrons. The molecule has 0 aromatic carbocycles. The van der Waals surface area contributed by atoms with E-state index in [0.29, 0.717) is 0 Å². The molecule has 0 rings (SSSR count). The highest BCUT2D eigenvalue weighted by Gasteiger charge is 2.37. The zero-order valence-electron chi connectivity index (χ0n) is 9.57. The van der Waals surface area contributed by atoms with Gasteiger partial charge in [0.25, 0.3) is 0 Å². The van der Waals surface area contributed by atoms with Gasteiger partial charge in [-0.15, -0.1) is 0 Å². The molecule has 110 valence electrons. The molecule has 0 aromatic rings. The molecule has 0 bridgehead atoms.